The van der Waals surface area contributed by atoms with Gasteiger partial charge in [-0.25, -0.2) is 0 Å². The summed E-state index contributed by atoms with van der Waals surface area (Å²) in [5.74, 6) is 1.27. The Balaban J connectivity index is 1.54. The number of rotatable bonds is 7. The van der Waals surface area contributed by atoms with Crippen molar-refractivity contribution < 1.29 is 14.3 Å². The van der Waals surface area contributed by atoms with Crippen LogP contribution in [0.25, 0.3) is 22.3 Å². The molecule has 226 valence electrons. The van der Waals surface area contributed by atoms with Gasteiger partial charge in [0, 0.05) is 50.4 Å². The van der Waals surface area contributed by atoms with Gasteiger partial charge < -0.3 is 24.2 Å². The molecule has 0 unspecified atom stereocenters. The number of nitrogens with zero attached hydrogens (tertiary/aromatic N) is 5. The number of carbonyl (C=O) groups excluding carboxylic acids is 1. The van der Waals surface area contributed by atoms with Crippen LogP contribution < -0.4 is 9.47 Å². The molecule has 2 heterocycles. The van der Waals surface area contributed by atoms with Crippen LogP contribution in [0.2, 0.25) is 0 Å². The molecule has 0 radical (unpaired) electrons. The summed E-state index contributed by atoms with van der Waals surface area (Å²) in [4.78, 5) is 22.8. The number of hydrogen-bond acceptors (Lipinski definition) is 7. The van der Waals surface area contributed by atoms with Gasteiger partial charge in [-0.05, 0) is 99.2 Å². The molecule has 8 heteroatoms. The van der Waals surface area contributed by atoms with Crippen molar-refractivity contribution in [1.29, 1.82) is 5.26 Å². The van der Waals surface area contributed by atoms with E-state index in [-0.39, 0.29) is 5.91 Å². The van der Waals surface area contributed by atoms with Gasteiger partial charge in [0.2, 0.25) is 0 Å². The maximum absolute atomic E-state index is 13.7. The van der Waals surface area contributed by atoms with E-state index in [1.807, 2.05) is 47.4 Å². The molecule has 2 aliphatic heterocycles. The minimum absolute atomic E-state index is 0.0301. The van der Waals surface area contributed by atoms with E-state index in [0.29, 0.717) is 29.2 Å². The highest BCUT2D eigenvalue weighted by molar-refractivity contribution is 5.98. The maximum atomic E-state index is 13.7. The zero-order valence-corrected chi connectivity index (χ0v) is 25.9. The van der Waals surface area contributed by atoms with Crippen LogP contribution in [0.5, 0.6) is 11.5 Å². The third kappa shape index (κ3) is 7.19. The van der Waals surface area contributed by atoms with Gasteiger partial charge in [0.1, 0.15) is 0 Å². The highest BCUT2D eigenvalue weighted by Crippen LogP contribution is 2.39. The Hall–Kier alpha value is -3.90. The van der Waals surface area contributed by atoms with Crippen molar-refractivity contribution in [3.63, 3.8) is 0 Å². The molecule has 2 fully saturated rings. The lowest BCUT2D eigenvalue weighted by atomic mass is 9.89. The Morgan fingerprint density at radius 1 is 0.744 bits per heavy atom. The van der Waals surface area contributed by atoms with Gasteiger partial charge in [-0.3, -0.25) is 9.69 Å². The van der Waals surface area contributed by atoms with E-state index >= 15 is 0 Å². The molecular weight excluding hydrogens is 538 g/mol. The lowest BCUT2D eigenvalue weighted by molar-refractivity contribution is 0.0763. The Kier molecular flexibility index (Phi) is 9.98. The fraction of sp³-hybridized carbons (Fsp3) is 0.429. The van der Waals surface area contributed by atoms with Crippen molar-refractivity contribution in [2.24, 2.45) is 0 Å². The fourth-order valence-corrected chi connectivity index (χ4v) is 6.12. The zero-order valence-electron chi connectivity index (χ0n) is 25.9. The number of carbonyl (C=O) groups is 1. The van der Waals surface area contributed by atoms with E-state index < -0.39 is 0 Å². The number of likely N-dealkylation sites (N-methyl/N-ethyl adjacent to an activating group) is 2. The molecule has 3 aromatic rings. The third-order valence-corrected chi connectivity index (χ3v) is 8.68. The summed E-state index contributed by atoms with van der Waals surface area (Å²) in [6.07, 6.45) is 2.10. The molecule has 1 amide bonds. The van der Waals surface area contributed by atoms with Crippen molar-refractivity contribution in [2.45, 2.75) is 19.4 Å². The van der Waals surface area contributed by atoms with Crippen LogP contribution >= 0.6 is 0 Å². The molecule has 2 aliphatic rings. The van der Waals surface area contributed by atoms with E-state index in [2.05, 4.69) is 47.0 Å². The van der Waals surface area contributed by atoms with Crippen molar-refractivity contribution in [1.82, 2.24) is 19.6 Å². The van der Waals surface area contributed by atoms with E-state index in [4.69, 9.17) is 9.47 Å². The average Bonchev–Trinajstić information content (AvgIpc) is 3.39. The first-order valence-corrected chi connectivity index (χ1v) is 15.2. The molecule has 0 N–H and O–H groups in total. The molecule has 0 atom stereocenters. The lowest BCUT2D eigenvalue weighted by Gasteiger charge is -2.22. The summed E-state index contributed by atoms with van der Waals surface area (Å²) >= 11 is 0. The quantitative estimate of drug-likeness (QED) is 0.396. The summed E-state index contributed by atoms with van der Waals surface area (Å²) in [5, 5.41) is 10.3. The first-order valence-electron chi connectivity index (χ1n) is 15.2. The normalized spacial score (nSPS) is 17.1. The summed E-state index contributed by atoms with van der Waals surface area (Å²) < 4.78 is 11.1. The van der Waals surface area contributed by atoms with Gasteiger partial charge in [0.25, 0.3) is 5.91 Å². The predicted octanol–water partition coefficient (Wildman–Crippen LogP) is 4.82. The number of ether oxygens (including phenoxy) is 2. The van der Waals surface area contributed by atoms with Crippen LogP contribution in [0.15, 0.2) is 54.6 Å². The van der Waals surface area contributed by atoms with Gasteiger partial charge in [0.05, 0.1) is 25.9 Å². The van der Waals surface area contributed by atoms with Gasteiger partial charge in [0.15, 0.2) is 11.5 Å². The van der Waals surface area contributed by atoms with E-state index in [0.717, 1.165) is 93.0 Å². The summed E-state index contributed by atoms with van der Waals surface area (Å²) in [5.41, 5.74) is 5.91. The highest BCUT2D eigenvalue weighted by Gasteiger charge is 2.22. The van der Waals surface area contributed by atoms with Crippen molar-refractivity contribution in [3.8, 4) is 39.8 Å². The standard InChI is InChI=1S/C35H43N5O3/c1-37-13-5-15-39(19-17-37)25-26-7-10-30(29(21-26)24-36)31-11-8-28(35(41)40-16-6-14-38(2)18-20-40)22-32(31)27-9-12-33(42-3)34(23-27)43-4/h7-12,21-23H,5-6,13-20,25H2,1-4H3. The number of benzene rings is 3. The van der Waals surface area contributed by atoms with Crippen LogP contribution in [-0.2, 0) is 6.54 Å². The molecule has 3 aromatic carbocycles. The Morgan fingerprint density at radius 3 is 2.21 bits per heavy atom. The van der Waals surface area contributed by atoms with Crippen LogP contribution in [0.1, 0.15) is 34.3 Å². The van der Waals surface area contributed by atoms with E-state index in [1.54, 1.807) is 14.2 Å². The van der Waals surface area contributed by atoms with Crippen LogP contribution in [0, 0.1) is 11.3 Å². The summed E-state index contributed by atoms with van der Waals surface area (Å²) in [6.45, 7) is 8.36. The van der Waals surface area contributed by atoms with Gasteiger partial charge in [-0.1, -0.05) is 24.3 Å². The van der Waals surface area contributed by atoms with Crippen molar-refractivity contribution in [2.75, 3.05) is 80.7 Å². The number of methoxy groups -OCH3 is 2. The predicted molar refractivity (Wildman–Crippen MR) is 171 cm³/mol. The Labute approximate surface area is 256 Å². The number of hydrogen-bond donors (Lipinski definition) is 0. The SMILES string of the molecule is COc1ccc(-c2cc(C(=O)N3CCCN(C)CC3)ccc2-c2ccc(CN3CCCN(C)CC3)cc2C#N)cc1OC. The smallest absolute Gasteiger partial charge is 0.253 e. The summed E-state index contributed by atoms with van der Waals surface area (Å²) in [7, 11) is 7.51. The first kappa shape index (κ1) is 30.6. The van der Waals surface area contributed by atoms with Gasteiger partial charge >= 0.3 is 0 Å². The molecule has 0 aromatic heterocycles. The molecule has 0 spiro atoms. The Bertz CT molecular complexity index is 1480. The van der Waals surface area contributed by atoms with Gasteiger partial charge in [-0.15, -0.1) is 0 Å². The molecule has 43 heavy (non-hydrogen) atoms. The molecular formula is C35H43N5O3. The van der Waals surface area contributed by atoms with Crippen LogP contribution in [0.4, 0.5) is 0 Å². The molecule has 8 nitrogen and oxygen atoms in total. The number of amides is 1. The second kappa shape index (κ2) is 14.0. The molecule has 0 bridgehead atoms. The second-order valence-electron chi connectivity index (χ2n) is 11.7. The second-order valence-corrected chi connectivity index (χ2v) is 11.7. The zero-order chi connectivity index (χ0) is 30.3. The van der Waals surface area contributed by atoms with E-state index in [9.17, 15) is 10.1 Å². The number of nitriles is 1. The summed E-state index contributed by atoms with van der Waals surface area (Å²) in [6, 6.07) is 20.3. The minimum Gasteiger partial charge on any atom is -0.493 e. The molecule has 0 aliphatic carbocycles. The fourth-order valence-electron chi connectivity index (χ4n) is 6.12. The van der Waals surface area contributed by atoms with Crippen LogP contribution in [0.3, 0.4) is 0 Å². The first-order chi connectivity index (χ1) is 20.9. The molecule has 0 saturated carbocycles. The largest absolute Gasteiger partial charge is 0.493 e. The van der Waals surface area contributed by atoms with Crippen molar-refractivity contribution in [3.05, 3.63) is 71.3 Å². The Morgan fingerprint density at radius 2 is 1.47 bits per heavy atom. The highest BCUT2D eigenvalue weighted by atomic mass is 16.5. The van der Waals surface area contributed by atoms with Gasteiger partial charge in [-0.2, -0.15) is 5.26 Å². The molecule has 2 saturated heterocycles. The third-order valence-electron chi connectivity index (χ3n) is 8.68. The monoisotopic (exact) mass is 581 g/mol. The minimum atomic E-state index is 0.0301. The van der Waals surface area contributed by atoms with Crippen LogP contribution in [-0.4, -0.2) is 106 Å². The lowest BCUT2D eigenvalue weighted by Crippen LogP contribution is -2.34. The molecule has 5 rings (SSSR count). The van der Waals surface area contributed by atoms with Crippen molar-refractivity contribution >= 4 is 5.91 Å². The van der Waals surface area contributed by atoms with E-state index in [1.165, 1.54) is 0 Å². The topological polar surface area (TPSA) is 72.3 Å². The average molecular weight is 582 g/mol. The maximum Gasteiger partial charge on any atom is 0.253 e.